The molecule has 24 heavy (non-hydrogen) atoms. The van der Waals surface area contributed by atoms with Gasteiger partial charge in [0.2, 0.25) is 11.8 Å². The van der Waals surface area contributed by atoms with Gasteiger partial charge in [-0.1, -0.05) is 24.3 Å². The third-order valence-corrected chi connectivity index (χ3v) is 3.83. The molecule has 3 rings (SSSR count). The van der Waals surface area contributed by atoms with E-state index in [4.69, 9.17) is 0 Å². The van der Waals surface area contributed by atoms with Crippen molar-refractivity contribution in [2.45, 2.75) is 19.4 Å². The number of likely N-dealkylation sites (tertiary alicyclic amines) is 1. The SMILES string of the molecule is O=C(Nc1ccccc1F)c1ccc(CN2C(=O)CCC2=O)cc1. The van der Waals surface area contributed by atoms with Gasteiger partial charge in [-0.15, -0.1) is 0 Å². The van der Waals surface area contributed by atoms with Crippen molar-refractivity contribution >= 4 is 23.4 Å². The fourth-order valence-corrected chi connectivity index (χ4v) is 2.50. The van der Waals surface area contributed by atoms with Crippen LogP contribution in [0.4, 0.5) is 10.1 Å². The van der Waals surface area contributed by atoms with E-state index in [-0.39, 0.29) is 36.9 Å². The fourth-order valence-electron chi connectivity index (χ4n) is 2.50. The second-order valence-electron chi connectivity index (χ2n) is 5.50. The molecule has 0 spiro atoms. The lowest BCUT2D eigenvalue weighted by atomic mass is 10.1. The van der Waals surface area contributed by atoms with Crippen LogP contribution in [-0.4, -0.2) is 22.6 Å². The summed E-state index contributed by atoms with van der Waals surface area (Å²) >= 11 is 0. The van der Waals surface area contributed by atoms with Gasteiger partial charge < -0.3 is 5.32 Å². The maximum atomic E-state index is 13.5. The van der Waals surface area contributed by atoms with E-state index in [0.717, 1.165) is 5.56 Å². The van der Waals surface area contributed by atoms with E-state index in [2.05, 4.69) is 5.32 Å². The van der Waals surface area contributed by atoms with E-state index in [9.17, 15) is 18.8 Å². The molecule has 1 fully saturated rings. The summed E-state index contributed by atoms with van der Waals surface area (Å²) in [6.45, 7) is 0.201. The Morgan fingerprint density at radius 1 is 1.00 bits per heavy atom. The highest BCUT2D eigenvalue weighted by Gasteiger charge is 2.28. The van der Waals surface area contributed by atoms with Crippen molar-refractivity contribution in [3.05, 3.63) is 65.5 Å². The topological polar surface area (TPSA) is 66.5 Å². The molecule has 3 amide bonds. The summed E-state index contributed by atoms with van der Waals surface area (Å²) in [5, 5.41) is 2.50. The molecule has 1 aliphatic heterocycles. The Balaban J connectivity index is 1.68. The predicted molar refractivity (Wildman–Crippen MR) is 85.6 cm³/mol. The smallest absolute Gasteiger partial charge is 0.255 e. The Morgan fingerprint density at radius 2 is 1.62 bits per heavy atom. The summed E-state index contributed by atoms with van der Waals surface area (Å²) < 4.78 is 13.5. The zero-order chi connectivity index (χ0) is 17.1. The molecule has 1 heterocycles. The summed E-state index contributed by atoms with van der Waals surface area (Å²) in [6.07, 6.45) is 0.504. The number of halogens is 1. The molecule has 0 atom stereocenters. The number of benzene rings is 2. The zero-order valence-electron chi connectivity index (χ0n) is 12.8. The average Bonchev–Trinajstić information content (AvgIpc) is 2.89. The van der Waals surface area contributed by atoms with Crippen LogP contribution in [0.2, 0.25) is 0 Å². The third-order valence-electron chi connectivity index (χ3n) is 3.83. The molecule has 122 valence electrons. The lowest BCUT2D eigenvalue weighted by Crippen LogP contribution is -2.28. The first-order chi connectivity index (χ1) is 11.5. The number of rotatable bonds is 4. The minimum absolute atomic E-state index is 0.111. The van der Waals surface area contributed by atoms with Crippen molar-refractivity contribution in [1.82, 2.24) is 4.90 Å². The number of carbonyl (C=O) groups is 3. The van der Waals surface area contributed by atoms with E-state index < -0.39 is 11.7 Å². The number of hydrogen-bond acceptors (Lipinski definition) is 3. The van der Waals surface area contributed by atoms with Gasteiger partial charge in [-0.3, -0.25) is 19.3 Å². The first-order valence-electron chi connectivity index (χ1n) is 7.52. The minimum atomic E-state index is -0.506. The number of para-hydroxylation sites is 1. The second kappa shape index (κ2) is 6.62. The lowest BCUT2D eigenvalue weighted by molar-refractivity contribution is -0.139. The van der Waals surface area contributed by atoms with Gasteiger partial charge in [-0.2, -0.15) is 0 Å². The summed E-state index contributed by atoms with van der Waals surface area (Å²) in [7, 11) is 0. The van der Waals surface area contributed by atoms with Crippen molar-refractivity contribution in [3.63, 3.8) is 0 Å². The van der Waals surface area contributed by atoms with Crippen LogP contribution in [0.3, 0.4) is 0 Å². The Bertz CT molecular complexity index is 786. The van der Waals surface area contributed by atoms with Crippen molar-refractivity contribution in [3.8, 4) is 0 Å². The average molecular weight is 326 g/mol. The van der Waals surface area contributed by atoms with Gasteiger partial charge in [0.15, 0.2) is 0 Å². The number of amides is 3. The number of anilines is 1. The van der Waals surface area contributed by atoms with Crippen LogP contribution in [-0.2, 0) is 16.1 Å². The summed E-state index contributed by atoms with van der Waals surface area (Å²) in [4.78, 5) is 36.6. The van der Waals surface area contributed by atoms with E-state index in [1.54, 1.807) is 36.4 Å². The van der Waals surface area contributed by atoms with E-state index in [0.29, 0.717) is 5.56 Å². The standard InChI is InChI=1S/C18H15FN2O3/c19-14-3-1-2-4-15(14)20-18(24)13-7-5-12(6-8-13)11-21-16(22)9-10-17(21)23/h1-8H,9-11H2,(H,20,24). The Hall–Kier alpha value is -3.02. The van der Waals surface area contributed by atoms with Crippen molar-refractivity contribution in [2.24, 2.45) is 0 Å². The van der Waals surface area contributed by atoms with Crippen LogP contribution >= 0.6 is 0 Å². The molecule has 1 saturated heterocycles. The molecule has 1 N–H and O–H groups in total. The van der Waals surface area contributed by atoms with Gasteiger partial charge in [-0.25, -0.2) is 4.39 Å². The Labute approximate surface area is 138 Å². The third kappa shape index (κ3) is 3.32. The highest BCUT2D eigenvalue weighted by molar-refractivity contribution is 6.04. The van der Waals surface area contributed by atoms with Gasteiger partial charge in [-0.05, 0) is 29.8 Å². The molecular weight excluding hydrogens is 311 g/mol. The van der Waals surface area contributed by atoms with Gasteiger partial charge >= 0.3 is 0 Å². The highest BCUT2D eigenvalue weighted by Crippen LogP contribution is 2.17. The van der Waals surface area contributed by atoms with Crippen molar-refractivity contribution in [2.75, 3.05) is 5.32 Å². The zero-order valence-corrected chi connectivity index (χ0v) is 12.8. The molecule has 0 radical (unpaired) electrons. The lowest BCUT2D eigenvalue weighted by Gasteiger charge is -2.14. The first kappa shape index (κ1) is 15.9. The van der Waals surface area contributed by atoms with Crippen LogP contribution in [0.5, 0.6) is 0 Å². The molecular formula is C18H15FN2O3. The van der Waals surface area contributed by atoms with Gasteiger partial charge in [0, 0.05) is 18.4 Å². The van der Waals surface area contributed by atoms with Gasteiger partial charge in [0.25, 0.3) is 5.91 Å². The molecule has 5 nitrogen and oxygen atoms in total. The second-order valence-corrected chi connectivity index (χ2v) is 5.50. The van der Waals surface area contributed by atoms with Crippen LogP contribution in [0.15, 0.2) is 48.5 Å². The molecule has 0 bridgehead atoms. The van der Waals surface area contributed by atoms with Crippen LogP contribution in [0.25, 0.3) is 0 Å². The van der Waals surface area contributed by atoms with Crippen LogP contribution in [0.1, 0.15) is 28.8 Å². The highest BCUT2D eigenvalue weighted by atomic mass is 19.1. The quantitative estimate of drug-likeness (QED) is 0.879. The van der Waals surface area contributed by atoms with E-state index >= 15 is 0 Å². The molecule has 0 saturated carbocycles. The number of nitrogens with zero attached hydrogens (tertiary/aromatic N) is 1. The number of carbonyl (C=O) groups excluding carboxylic acids is 3. The maximum Gasteiger partial charge on any atom is 0.255 e. The van der Waals surface area contributed by atoms with Crippen molar-refractivity contribution in [1.29, 1.82) is 0 Å². The van der Waals surface area contributed by atoms with Crippen LogP contribution in [0, 0.1) is 5.82 Å². The maximum absolute atomic E-state index is 13.5. The molecule has 2 aromatic carbocycles. The summed E-state index contributed by atoms with van der Waals surface area (Å²) in [5.41, 5.74) is 1.22. The van der Waals surface area contributed by atoms with E-state index in [1.807, 2.05) is 0 Å². The molecule has 0 aromatic heterocycles. The molecule has 2 aromatic rings. The van der Waals surface area contributed by atoms with Crippen molar-refractivity contribution < 1.29 is 18.8 Å². The summed E-state index contributed by atoms with van der Waals surface area (Å²) in [5.74, 6) is -1.30. The minimum Gasteiger partial charge on any atom is -0.319 e. The van der Waals surface area contributed by atoms with E-state index in [1.165, 1.54) is 17.0 Å². The molecule has 0 aliphatic carbocycles. The van der Waals surface area contributed by atoms with Gasteiger partial charge in [0.05, 0.1) is 12.2 Å². The summed E-state index contributed by atoms with van der Waals surface area (Å²) in [6, 6.07) is 12.4. The number of nitrogens with one attached hydrogen (secondary N) is 1. The molecule has 1 aliphatic rings. The Kier molecular flexibility index (Phi) is 4.37. The normalized spacial score (nSPS) is 14.1. The van der Waals surface area contributed by atoms with Crippen LogP contribution < -0.4 is 5.32 Å². The fraction of sp³-hybridized carbons (Fsp3) is 0.167. The van der Waals surface area contributed by atoms with Gasteiger partial charge in [0.1, 0.15) is 5.82 Å². The monoisotopic (exact) mass is 326 g/mol. The largest absolute Gasteiger partial charge is 0.319 e. The molecule has 0 unspecified atom stereocenters. The Morgan fingerprint density at radius 3 is 2.25 bits per heavy atom. The number of imide groups is 1. The number of hydrogen-bond donors (Lipinski definition) is 1. The predicted octanol–water partition coefficient (Wildman–Crippen LogP) is 2.73. The first-order valence-corrected chi connectivity index (χ1v) is 7.52. The molecule has 6 heteroatoms.